The maximum absolute atomic E-state index is 13.7. The summed E-state index contributed by atoms with van der Waals surface area (Å²) in [4.78, 5) is 20.4. The molecule has 3 heterocycles. The zero-order valence-electron chi connectivity index (χ0n) is 20.9. The molecule has 4 rings (SSSR count). The number of aliphatic hydroxyl groups excluding tert-OH is 2. The molecule has 1 aliphatic heterocycles. The first kappa shape index (κ1) is 27.9. The number of aliphatic hydroxyl groups is 2. The molecule has 0 saturated carbocycles. The van der Waals surface area contributed by atoms with E-state index in [-0.39, 0.29) is 17.7 Å². The van der Waals surface area contributed by atoms with Gasteiger partial charge < -0.3 is 28.8 Å². The molecule has 1 fully saturated rings. The summed E-state index contributed by atoms with van der Waals surface area (Å²) in [5.74, 6) is -0.298. The van der Waals surface area contributed by atoms with Crippen molar-refractivity contribution in [2.45, 2.75) is 57.5 Å². The molecule has 5 N–H and O–H groups in total. The van der Waals surface area contributed by atoms with E-state index in [2.05, 4.69) is 15.1 Å². The van der Waals surface area contributed by atoms with Gasteiger partial charge in [-0.05, 0) is 39.0 Å². The molecule has 6 atom stereocenters. The van der Waals surface area contributed by atoms with Crippen LogP contribution in [0.5, 0.6) is 5.75 Å². The number of rotatable bonds is 11. The van der Waals surface area contributed by atoms with Gasteiger partial charge >= 0.3 is 13.7 Å². The molecular formula is C23H30N5O9P. The van der Waals surface area contributed by atoms with Crippen molar-refractivity contribution in [2.75, 3.05) is 12.1 Å². The summed E-state index contributed by atoms with van der Waals surface area (Å²) < 4.78 is 37.3. The predicted octanol–water partition coefficient (Wildman–Crippen LogP) is 1.98. The molecule has 1 saturated heterocycles. The van der Waals surface area contributed by atoms with Crippen LogP contribution in [-0.4, -0.2) is 73.0 Å². The highest BCUT2D eigenvalue weighted by atomic mass is 31.2. The topological polar surface area (TPSA) is 187 Å². The Morgan fingerprint density at radius 2 is 1.89 bits per heavy atom. The van der Waals surface area contributed by atoms with Crippen molar-refractivity contribution < 1.29 is 43.3 Å². The molecule has 38 heavy (non-hydrogen) atoms. The molecule has 3 aromatic rings. The number of esters is 1. The Morgan fingerprint density at radius 3 is 2.58 bits per heavy atom. The number of fused-ring (bicyclic) bond motifs is 1. The largest absolute Gasteiger partial charge is 0.462 e. The second-order valence-electron chi connectivity index (χ2n) is 8.87. The van der Waals surface area contributed by atoms with Gasteiger partial charge in [0.1, 0.15) is 42.1 Å². The second-order valence-corrected chi connectivity index (χ2v) is 10.6. The van der Waals surface area contributed by atoms with Crippen LogP contribution in [0.25, 0.3) is 11.0 Å². The first-order chi connectivity index (χ1) is 18.1. The number of nitrogens with one attached hydrogen (secondary N) is 2. The van der Waals surface area contributed by atoms with Gasteiger partial charge in [-0.25, -0.2) is 14.5 Å². The number of nitrogens with zero attached hydrogens (tertiary/aromatic N) is 3. The molecular weight excluding hydrogens is 521 g/mol. The van der Waals surface area contributed by atoms with Crippen LogP contribution in [0.4, 0.5) is 5.82 Å². The molecule has 0 spiro atoms. The first-order valence-electron chi connectivity index (χ1n) is 11.8. The normalized spacial score (nSPS) is 23.8. The third-order valence-corrected chi connectivity index (χ3v) is 7.30. The van der Waals surface area contributed by atoms with E-state index in [9.17, 15) is 24.8 Å². The Hall–Kier alpha value is -3.10. The molecule has 0 amide bonds. The van der Waals surface area contributed by atoms with Crippen LogP contribution in [0.2, 0.25) is 0 Å². The number of carbonyl (C=O) groups excluding carboxylic acids is 1. The smallest absolute Gasteiger partial charge is 0.459 e. The molecule has 2 aromatic heterocycles. The summed E-state index contributed by atoms with van der Waals surface area (Å²) in [7, 11) is -4.21. The van der Waals surface area contributed by atoms with Gasteiger partial charge in [0, 0.05) is 6.20 Å². The van der Waals surface area contributed by atoms with E-state index < -0.39 is 50.9 Å². The Labute approximate surface area is 218 Å². The quantitative estimate of drug-likeness (QED) is 0.132. The third-order valence-electron chi connectivity index (χ3n) is 5.66. The third kappa shape index (κ3) is 6.13. The molecule has 1 aromatic carbocycles. The van der Waals surface area contributed by atoms with Crippen LogP contribution in [-0.2, 0) is 23.4 Å². The average Bonchev–Trinajstić information content (AvgIpc) is 3.43. The molecule has 206 valence electrons. The van der Waals surface area contributed by atoms with Gasteiger partial charge in [-0.2, -0.15) is 5.09 Å². The number of hydrogen-bond donors (Lipinski definition) is 5. The minimum absolute atomic E-state index is 0.150. The van der Waals surface area contributed by atoms with E-state index in [4.69, 9.17) is 18.5 Å². The van der Waals surface area contributed by atoms with Crippen molar-refractivity contribution in [2.24, 2.45) is 0 Å². The highest BCUT2D eigenvalue weighted by Crippen LogP contribution is 2.46. The highest BCUT2D eigenvalue weighted by molar-refractivity contribution is 7.52. The molecule has 15 heteroatoms. The fraction of sp³-hybridized carbons (Fsp3) is 0.435. The fourth-order valence-corrected chi connectivity index (χ4v) is 5.37. The maximum Gasteiger partial charge on any atom is 0.459 e. The van der Waals surface area contributed by atoms with Crippen LogP contribution >= 0.6 is 7.75 Å². The highest BCUT2D eigenvalue weighted by Gasteiger charge is 2.46. The van der Waals surface area contributed by atoms with Gasteiger partial charge in [0.05, 0.1) is 18.1 Å². The summed E-state index contributed by atoms with van der Waals surface area (Å²) in [6.07, 6.45) is -2.66. The Kier molecular flexibility index (Phi) is 8.63. The van der Waals surface area contributed by atoms with Crippen LogP contribution in [0.1, 0.15) is 27.0 Å². The number of anilines is 1. The molecule has 0 radical (unpaired) electrons. The number of carbonyl (C=O) groups is 1. The Morgan fingerprint density at radius 1 is 1.16 bits per heavy atom. The molecule has 1 aliphatic rings. The van der Waals surface area contributed by atoms with Crippen molar-refractivity contribution >= 4 is 30.6 Å². The zero-order chi connectivity index (χ0) is 27.4. The van der Waals surface area contributed by atoms with Gasteiger partial charge in [0.25, 0.3) is 0 Å². The lowest BCUT2D eigenvalue weighted by Gasteiger charge is -2.25. The number of benzene rings is 1. The Bertz CT molecular complexity index is 1290. The lowest BCUT2D eigenvalue weighted by Crippen LogP contribution is -2.38. The zero-order valence-corrected chi connectivity index (χ0v) is 21.8. The van der Waals surface area contributed by atoms with Crippen molar-refractivity contribution in [1.82, 2.24) is 19.6 Å². The fourth-order valence-electron chi connectivity index (χ4n) is 3.87. The lowest BCUT2D eigenvalue weighted by atomic mass is 10.1. The molecule has 0 unspecified atom stereocenters. The monoisotopic (exact) mass is 551 g/mol. The van der Waals surface area contributed by atoms with Crippen LogP contribution < -0.4 is 15.1 Å². The van der Waals surface area contributed by atoms with E-state index in [0.29, 0.717) is 11.0 Å². The summed E-state index contributed by atoms with van der Waals surface area (Å²) in [5, 5.41) is 33.7. The van der Waals surface area contributed by atoms with Gasteiger partial charge in [-0.15, -0.1) is 0 Å². The standard InChI is InChI=1S/C23H30N5O9P/c1-13(2)35-23(31)14(3)27-38(33,37-15-7-5-4-6-8-15)34-11-17-18(29)19(30)22(36-17)28-10-9-16-20(26-32)24-12-25-21(16)28/h4-10,12-14,17-19,22,29-30,32H,11H2,1-3H3,(H,27,33)(H,24,25,26)/t14-,17+,18+,19+,22+,38-/m0/s1. The van der Waals surface area contributed by atoms with Crippen molar-refractivity contribution in [1.29, 1.82) is 0 Å². The minimum atomic E-state index is -4.21. The van der Waals surface area contributed by atoms with E-state index >= 15 is 0 Å². The van der Waals surface area contributed by atoms with Gasteiger partial charge in [0.2, 0.25) is 0 Å². The summed E-state index contributed by atoms with van der Waals surface area (Å²) in [6.45, 7) is 4.35. The van der Waals surface area contributed by atoms with Crippen LogP contribution in [0.3, 0.4) is 0 Å². The van der Waals surface area contributed by atoms with Crippen molar-refractivity contribution in [3.63, 3.8) is 0 Å². The van der Waals surface area contributed by atoms with Crippen molar-refractivity contribution in [3.05, 3.63) is 48.9 Å². The van der Waals surface area contributed by atoms with Gasteiger partial charge in [-0.1, -0.05) is 18.2 Å². The number of aromatic nitrogens is 3. The van der Waals surface area contributed by atoms with Gasteiger partial charge in [-0.3, -0.25) is 20.0 Å². The van der Waals surface area contributed by atoms with Crippen molar-refractivity contribution in [3.8, 4) is 5.75 Å². The van der Waals surface area contributed by atoms with Gasteiger partial charge in [0.15, 0.2) is 12.0 Å². The summed E-state index contributed by atoms with van der Waals surface area (Å²) in [5.41, 5.74) is 2.30. The van der Waals surface area contributed by atoms with Crippen LogP contribution in [0, 0.1) is 0 Å². The summed E-state index contributed by atoms with van der Waals surface area (Å²) in [6, 6.07) is 8.75. The molecule has 14 nitrogen and oxygen atoms in total. The van der Waals surface area contributed by atoms with E-state index in [1.165, 1.54) is 17.8 Å². The second kappa shape index (κ2) is 11.7. The van der Waals surface area contributed by atoms with E-state index in [0.717, 1.165) is 0 Å². The number of hydrogen-bond acceptors (Lipinski definition) is 12. The number of ether oxygens (including phenoxy) is 2. The Balaban J connectivity index is 1.50. The van der Waals surface area contributed by atoms with E-state index in [1.807, 2.05) is 5.48 Å². The van der Waals surface area contributed by atoms with E-state index in [1.54, 1.807) is 56.4 Å². The SMILES string of the molecule is CC(C)OC(=O)[C@H](C)N[P@](=O)(OC[C@H]1O[C@@H](n2ccc3c(NO)ncnc32)[C@H](O)[C@@H]1O)Oc1ccccc1. The number of para-hydroxylation sites is 1. The maximum atomic E-state index is 13.7. The molecule has 0 aliphatic carbocycles. The summed E-state index contributed by atoms with van der Waals surface area (Å²) >= 11 is 0. The average molecular weight is 551 g/mol. The first-order valence-corrected chi connectivity index (χ1v) is 13.4. The van der Waals surface area contributed by atoms with Crippen LogP contribution in [0.15, 0.2) is 48.9 Å². The predicted molar refractivity (Wildman–Crippen MR) is 133 cm³/mol. The molecule has 0 bridgehead atoms. The minimum Gasteiger partial charge on any atom is -0.462 e. The lowest BCUT2D eigenvalue weighted by molar-refractivity contribution is -0.149.